The predicted molar refractivity (Wildman–Crippen MR) is 107 cm³/mol. The van der Waals surface area contributed by atoms with Crippen LogP contribution in [0.3, 0.4) is 0 Å². The maximum atomic E-state index is 9.78. The molecular formula is C21H27N3O3. The lowest BCUT2D eigenvalue weighted by molar-refractivity contribution is -0.0339. The summed E-state index contributed by atoms with van der Waals surface area (Å²) < 4.78 is 10.9. The highest BCUT2D eigenvalue weighted by atomic mass is 16.7. The number of ether oxygens (including phenoxy) is 2. The summed E-state index contributed by atoms with van der Waals surface area (Å²) in [5.41, 5.74) is 1.47. The van der Waals surface area contributed by atoms with Crippen LogP contribution in [-0.2, 0) is 4.74 Å². The normalized spacial score (nSPS) is 21.7. The van der Waals surface area contributed by atoms with Crippen molar-refractivity contribution in [1.82, 2.24) is 5.32 Å². The minimum absolute atomic E-state index is 0.0759. The van der Waals surface area contributed by atoms with E-state index in [0.717, 1.165) is 0 Å². The van der Waals surface area contributed by atoms with Crippen LogP contribution < -0.4 is 10.1 Å². The molecule has 1 saturated carbocycles. The molecule has 6 nitrogen and oxygen atoms in total. The molecular weight excluding hydrogens is 342 g/mol. The van der Waals surface area contributed by atoms with Crippen molar-refractivity contribution >= 4 is 11.5 Å². The molecule has 27 heavy (non-hydrogen) atoms. The molecule has 0 saturated heterocycles. The Kier molecular flexibility index (Phi) is 6.78. The molecule has 1 aliphatic rings. The van der Waals surface area contributed by atoms with Gasteiger partial charge >= 0.3 is 0 Å². The van der Waals surface area contributed by atoms with E-state index in [1.807, 2.05) is 6.92 Å². The SMILES string of the molecule is C#Cc1ccc(C(=N)/C(C)=C\C(=N)N[C@H]2C[C@@](C)(O)C2)c(OCOCC)c1. The Labute approximate surface area is 160 Å². The summed E-state index contributed by atoms with van der Waals surface area (Å²) in [4.78, 5) is 0. The van der Waals surface area contributed by atoms with E-state index in [2.05, 4.69) is 11.2 Å². The van der Waals surface area contributed by atoms with Gasteiger partial charge in [-0.2, -0.15) is 0 Å². The van der Waals surface area contributed by atoms with Gasteiger partial charge in [0, 0.05) is 23.8 Å². The van der Waals surface area contributed by atoms with Crippen molar-refractivity contribution in [3.05, 3.63) is 41.0 Å². The van der Waals surface area contributed by atoms with Crippen LogP contribution in [0.2, 0.25) is 0 Å². The van der Waals surface area contributed by atoms with Crippen molar-refractivity contribution in [1.29, 1.82) is 10.8 Å². The van der Waals surface area contributed by atoms with Gasteiger partial charge in [-0.15, -0.1) is 6.42 Å². The number of nitrogens with one attached hydrogen (secondary N) is 3. The number of hydrogen-bond acceptors (Lipinski definition) is 5. The fourth-order valence-corrected chi connectivity index (χ4v) is 2.99. The molecule has 0 atom stereocenters. The Bertz CT molecular complexity index is 782. The molecule has 0 aromatic heterocycles. The molecule has 0 amide bonds. The third kappa shape index (κ3) is 5.68. The molecule has 1 fully saturated rings. The molecule has 1 aromatic carbocycles. The third-order valence-corrected chi connectivity index (χ3v) is 4.41. The average molecular weight is 369 g/mol. The van der Waals surface area contributed by atoms with Gasteiger partial charge in [-0.25, -0.2) is 0 Å². The minimum Gasteiger partial charge on any atom is -0.467 e. The van der Waals surface area contributed by atoms with E-state index in [-0.39, 0.29) is 24.4 Å². The van der Waals surface area contributed by atoms with Crippen LogP contribution in [0.1, 0.15) is 44.7 Å². The molecule has 2 rings (SSSR count). The van der Waals surface area contributed by atoms with Crippen LogP contribution in [0.4, 0.5) is 0 Å². The first-order valence-corrected chi connectivity index (χ1v) is 8.92. The quantitative estimate of drug-likeness (QED) is 0.186. The largest absolute Gasteiger partial charge is 0.467 e. The number of benzene rings is 1. The fourth-order valence-electron chi connectivity index (χ4n) is 2.99. The molecule has 0 heterocycles. The monoisotopic (exact) mass is 369 g/mol. The molecule has 1 aliphatic carbocycles. The van der Waals surface area contributed by atoms with Crippen LogP contribution in [0, 0.1) is 23.2 Å². The van der Waals surface area contributed by atoms with E-state index < -0.39 is 5.60 Å². The fraction of sp³-hybridized carbons (Fsp3) is 0.429. The van der Waals surface area contributed by atoms with E-state index in [9.17, 15) is 5.11 Å². The van der Waals surface area contributed by atoms with Crippen molar-refractivity contribution in [2.24, 2.45) is 0 Å². The van der Waals surface area contributed by atoms with Crippen molar-refractivity contribution in [3.8, 4) is 18.1 Å². The standard InChI is InChI=1S/C21H27N3O3/c1-5-15-7-8-17(18(10-15)27-13-26-6-2)20(23)14(3)9-19(22)24-16-11-21(4,25)12-16/h1,7-10,16,23,25H,6,11-13H2,2-4H3,(H2,22,24)/b14-9-,23-20?/t16-,21+. The predicted octanol–water partition coefficient (Wildman–Crippen LogP) is 2.84. The number of rotatable bonds is 8. The van der Waals surface area contributed by atoms with E-state index in [0.29, 0.717) is 41.9 Å². The highest BCUT2D eigenvalue weighted by Crippen LogP contribution is 2.31. The average Bonchev–Trinajstić information content (AvgIpc) is 2.59. The second-order valence-corrected chi connectivity index (χ2v) is 6.97. The van der Waals surface area contributed by atoms with Crippen LogP contribution in [-0.4, -0.2) is 41.7 Å². The first-order chi connectivity index (χ1) is 12.8. The van der Waals surface area contributed by atoms with Gasteiger partial charge in [-0.3, -0.25) is 10.8 Å². The van der Waals surface area contributed by atoms with Crippen molar-refractivity contribution in [2.45, 2.75) is 45.3 Å². The molecule has 0 spiro atoms. The summed E-state index contributed by atoms with van der Waals surface area (Å²) in [7, 11) is 0. The topological polar surface area (TPSA) is 98.4 Å². The number of allylic oxidation sites excluding steroid dienone is 1. The molecule has 144 valence electrons. The summed E-state index contributed by atoms with van der Waals surface area (Å²) >= 11 is 0. The zero-order valence-electron chi connectivity index (χ0n) is 16.1. The van der Waals surface area contributed by atoms with Gasteiger partial charge in [-0.1, -0.05) is 5.92 Å². The first kappa shape index (κ1) is 20.7. The number of amidine groups is 1. The van der Waals surface area contributed by atoms with Gasteiger partial charge in [0.2, 0.25) is 0 Å². The lowest BCUT2D eigenvalue weighted by atomic mass is 9.77. The summed E-state index contributed by atoms with van der Waals surface area (Å²) in [6.45, 7) is 6.03. The summed E-state index contributed by atoms with van der Waals surface area (Å²) in [6, 6.07) is 5.29. The summed E-state index contributed by atoms with van der Waals surface area (Å²) in [6.07, 6.45) is 8.29. The molecule has 0 radical (unpaired) electrons. The Morgan fingerprint density at radius 1 is 1.44 bits per heavy atom. The second-order valence-electron chi connectivity index (χ2n) is 6.97. The Morgan fingerprint density at radius 2 is 2.15 bits per heavy atom. The molecule has 4 N–H and O–H groups in total. The molecule has 0 bridgehead atoms. The zero-order valence-corrected chi connectivity index (χ0v) is 16.1. The van der Waals surface area contributed by atoms with Crippen LogP contribution in [0.5, 0.6) is 5.75 Å². The van der Waals surface area contributed by atoms with Crippen molar-refractivity contribution < 1.29 is 14.6 Å². The van der Waals surface area contributed by atoms with Gasteiger partial charge in [0.1, 0.15) is 11.6 Å². The smallest absolute Gasteiger partial charge is 0.189 e. The lowest BCUT2D eigenvalue weighted by Crippen LogP contribution is -2.53. The van der Waals surface area contributed by atoms with E-state index >= 15 is 0 Å². The van der Waals surface area contributed by atoms with Gasteiger partial charge in [0.25, 0.3) is 0 Å². The zero-order chi connectivity index (χ0) is 20.0. The Hall–Kier alpha value is -2.62. The van der Waals surface area contributed by atoms with Gasteiger partial charge in [0.05, 0.1) is 11.3 Å². The molecule has 0 unspecified atom stereocenters. The van der Waals surface area contributed by atoms with Gasteiger partial charge < -0.3 is 19.9 Å². The van der Waals surface area contributed by atoms with E-state index in [1.165, 1.54) is 0 Å². The highest BCUT2D eigenvalue weighted by molar-refractivity contribution is 6.14. The van der Waals surface area contributed by atoms with E-state index in [4.69, 9.17) is 26.7 Å². The maximum Gasteiger partial charge on any atom is 0.189 e. The van der Waals surface area contributed by atoms with Crippen LogP contribution >= 0.6 is 0 Å². The van der Waals surface area contributed by atoms with Crippen LogP contribution in [0.25, 0.3) is 0 Å². The van der Waals surface area contributed by atoms with Crippen molar-refractivity contribution in [2.75, 3.05) is 13.4 Å². The lowest BCUT2D eigenvalue weighted by Gasteiger charge is -2.41. The minimum atomic E-state index is -0.644. The third-order valence-electron chi connectivity index (χ3n) is 4.41. The van der Waals surface area contributed by atoms with E-state index in [1.54, 1.807) is 38.1 Å². The number of hydrogen-bond donors (Lipinski definition) is 4. The highest BCUT2D eigenvalue weighted by Gasteiger charge is 2.38. The Morgan fingerprint density at radius 3 is 2.74 bits per heavy atom. The first-order valence-electron chi connectivity index (χ1n) is 8.92. The number of terminal acetylenes is 1. The van der Waals surface area contributed by atoms with Gasteiger partial charge in [0.15, 0.2) is 6.79 Å². The molecule has 6 heteroatoms. The molecule has 1 aromatic rings. The summed E-state index contributed by atoms with van der Waals surface area (Å²) in [5.74, 6) is 3.25. The maximum absolute atomic E-state index is 9.78. The van der Waals surface area contributed by atoms with Crippen molar-refractivity contribution in [3.63, 3.8) is 0 Å². The van der Waals surface area contributed by atoms with Gasteiger partial charge in [-0.05, 0) is 63.5 Å². The molecule has 0 aliphatic heterocycles. The summed E-state index contributed by atoms with van der Waals surface area (Å²) in [5, 5.41) is 29.4. The number of aliphatic hydroxyl groups is 1. The van der Waals surface area contributed by atoms with Crippen LogP contribution in [0.15, 0.2) is 29.8 Å². The Balaban J connectivity index is 2.10. The second kappa shape index (κ2) is 8.85.